The molecule has 6 heteroatoms. The predicted octanol–water partition coefficient (Wildman–Crippen LogP) is 5.05. The molecular formula is C15H12Cl3NO2. The van der Waals surface area contributed by atoms with Gasteiger partial charge in [-0.25, -0.2) is 0 Å². The molecule has 0 aromatic heterocycles. The highest BCUT2D eigenvalue weighted by Gasteiger charge is 2.16. The maximum atomic E-state index is 12.1. The van der Waals surface area contributed by atoms with E-state index in [0.717, 1.165) is 0 Å². The van der Waals surface area contributed by atoms with Crippen molar-refractivity contribution in [3.05, 3.63) is 57.5 Å². The molecule has 1 N–H and O–H groups in total. The molecule has 2 rings (SSSR count). The topological polar surface area (TPSA) is 38.3 Å². The Hall–Kier alpha value is -1.42. The molecule has 0 heterocycles. The summed E-state index contributed by atoms with van der Waals surface area (Å²) >= 11 is 17.7. The fourth-order valence-corrected chi connectivity index (χ4v) is 2.26. The zero-order valence-corrected chi connectivity index (χ0v) is 13.3. The van der Waals surface area contributed by atoms with Crippen molar-refractivity contribution in [2.45, 2.75) is 13.0 Å². The molecule has 0 aliphatic carbocycles. The summed E-state index contributed by atoms with van der Waals surface area (Å²) in [5.41, 5.74) is 0.479. The van der Waals surface area contributed by atoms with E-state index in [4.69, 9.17) is 39.5 Å². The SMILES string of the molecule is C[C@@H](Oc1cccc(Cl)c1)C(=O)Nc1ccc(Cl)cc1Cl. The third kappa shape index (κ3) is 4.53. The Kier molecular flexibility index (Phi) is 5.34. The minimum absolute atomic E-state index is 0.320. The number of amides is 1. The van der Waals surface area contributed by atoms with Crippen LogP contribution >= 0.6 is 34.8 Å². The number of carbonyl (C=O) groups excluding carboxylic acids is 1. The molecular weight excluding hydrogens is 333 g/mol. The van der Waals surface area contributed by atoms with Crippen molar-refractivity contribution >= 4 is 46.4 Å². The molecule has 110 valence electrons. The van der Waals surface area contributed by atoms with Crippen LogP contribution < -0.4 is 10.1 Å². The monoisotopic (exact) mass is 343 g/mol. The summed E-state index contributed by atoms with van der Waals surface area (Å²) in [7, 11) is 0. The van der Waals surface area contributed by atoms with Crippen LogP contribution in [0.5, 0.6) is 5.75 Å². The molecule has 0 spiro atoms. The Bertz CT molecular complexity index is 661. The van der Waals surface area contributed by atoms with Crippen LogP contribution in [-0.2, 0) is 4.79 Å². The van der Waals surface area contributed by atoms with E-state index in [2.05, 4.69) is 5.32 Å². The smallest absolute Gasteiger partial charge is 0.265 e. The predicted molar refractivity (Wildman–Crippen MR) is 86.6 cm³/mol. The second-order valence-corrected chi connectivity index (χ2v) is 5.61. The van der Waals surface area contributed by atoms with Crippen LogP contribution in [0.2, 0.25) is 15.1 Å². The maximum absolute atomic E-state index is 12.1. The first kappa shape index (κ1) is 16.0. The summed E-state index contributed by atoms with van der Waals surface area (Å²) in [6.07, 6.45) is -0.699. The van der Waals surface area contributed by atoms with Crippen molar-refractivity contribution < 1.29 is 9.53 Å². The van der Waals surface area contributed by atoms with Crippen LogP contribution in [-0.4, -0.2) is 12.0 Å². The van der Waals surface area contributed by atoms with Crippen molar-refractivity contribution in [2.75, 3.05) is 5.32 Å². The number of carbonyl (C=O) groups is 1. The molecule has 1 amide bonds. The van der Waals surface area contributed by atoms with Gasteiger partial charge in [-0.15, -0.1) is 0 Å². The number of hydrogen-bond acceptors (Lipinski definition) is 2. The molecule has 2 aromatic rings. The highest BCUT2D eigenvalue weighted by atomic mass is 35.5. The molecule has 21 heavy (non-hydrogen) atoms. The molecule has 0 saturated heterocycles. The van der Waals surface area contributed by atoms with Crippen LogP contribution in [0.4, 0.5) is 5.69 Å². The van der Waals surface area contributed by atoms with Crippen molar-refractivity contribution in [3.8, 4) is 5.75 Å². The largest absolute Gasteiger partial charge is 0.481 e. The third-order valence-electron chi connectivity index (χ3n) is 2.67. The Balaban J connectivity index is 2.02. The number of rotatable bonds is 4. The lowest BCUT2D eigenvalue weighted by Crippen LogP contribution is -2.30. The highest BCUT2D eigenvalue weighted by molar-refractivity contribution is 6.36. The third-order valence-corrected chi connectivity index (χ3v) is 3.45. The highest BCUT2D eigenvalue weighted by Crippen LogP contribution is 2.26. The normalized spacial score (nSPS) is 11.8. The van der Waals surface area contributed by atoms with Gasteiger partial charge in [0.25, 0.3) is 5.91 Å². The average Bonchev–Trinajstić information content (AvgIpc) is 2.41. The van der Waals surface area contributed by atoms with Gasteiger partial charge < -0.3 is 10.1 Å². The summed E-state index contributed by atoms with van der Waals surface area (Å²) in [4.78, 5) is 12.1. The summed E-state index contributed by atoms with van der Waals surface area (Å²) in [5, 5.41) is 4.09. The van der Waals surface area contributed by atoms with Crippen molar-refractivity contribution in [2.24, 2.45) is 0 Å². The van der Waals surface area contributed by atoms with E-state index >= 15 is 0 Å². The van der Waals surface area contributed by atoms with Crippen LogP contribution in [0.1, 0.15) is 6.92 Å². The second kappa shape index (κ2) is 7.03. The van der Waals surface area contributed by atoms with Crippen LogP contribution in [0.25, 0.3) is 0 Å². The van der Waals surface area contributed by atoms with Gasteiger partial charge in [0.05, 0.1) is 10.7 Å². The molecule has 1 atom stereocenters. The summed E-state index contributed by atoms with van der Waals surface area (Å²) < 4.78 is 5.53. The molecule has 0 aliphatic rings. The molecule has 0 bridgehead atoms. The molecule has 2 aromatic carbocycles. The standard InChI is InChI=1S/C15H12Cl3NO2/c1-9(21-12-4-2-3-10(16)7-12)15(20)19-14-6-5-11(17)8-13(14)18/h2-9H,1H3,(H,19,20)/t9-/m1/s1. The Morgan fingerprint density at radius 1 is 1.10 bits per heavy atom. The molecule has 0 aliphatic heterocycles. The number of anilines is 1. The Labute approximate surface area is 137 Å². The quantitative estimate of drug-likeness (QED) is 0.842. The molecule has 0 saturated carbocycles. The average molecular weight is 345 g/mol. The van der Waals surface area contributed by atoms with Crippen molar-refractivity contribution in [1.82, 2.24) is 0 Å². The van der Waals surface area contributed by atoms with E-state index < -0.39 is 6.10 Å². The van der Waals surface area contributed by atoms with Gasteiger partial charge in [-0.3, -0.25) is 4.79 Å². The van der Waals surface area contributed by atoms with Gasteiger partial charge in [-0.05, 0) is 43.3 Å². The number of halogens is 3. The van der Waals surface area contributed by atoms with Crippen LogP contribution in [0, 0.1) is 0 Å². The lowest BCUT2D eigenvalue weighted by Gasteiger charge is -2.15. The van der Waals surface area contributed by atoms with E-state index in [1.165, 1.54) is 0 Å². The van der Waals surface area contributed by atoms with E-state index in [-0.39, 0.29) is 5.91 Å². The Morgan fingerprint density at radius 2 is 1.81 bits per heavy atom. The van der Waals surface area contributed by atoms with Gasteiger partial charge in [0.2, 0.25) is 0 Å². The lowest BCUT2D eigenvalue weighted by molar-refractivity contribution is -0.122. The zero-order chi connectivity index (χ0) is 15.4. The van der Waals surface area contributed by atoms with E-state index in [1.54, 1.807) is 49.4 Å². The fraction of sp³-hybridized carbons (Fsp3) is 0.133. The zero-order valence-electron chi connectivity index (χ0n) is 11.1. The molecule has 3 nitrogen and oxygen atoms in total. The van der Waals surface area contributed by atoms with E-state index in [1.807, 2.05) is 0 Å². The molecule has 0 fully saturated rings. The second-order valence-electron chi connectivity index (χ2n) is 4.33. The van der Waals surface area contributed by atoms with Gasteiger partial charge in [0, 0.05) is 10.0 Å². The summed E-state index contributed by atoms with van der Waals surface area (Å²) in [6, 6.07) is 11.7. The molecule has 0 unspecified atom stereocenters. The molecule has 0 radical (unpaired) electrons. The van der Waals surface area contributed by atoms with Crippen molar-refractivity contribution in [1.29, 1.82) is 0 Å². The van der Waals surface area contributed by atoms with Gasteiger partial charge >= 0.3 is 0 Å². The first-order valence-electron chi connectivity index (χ1n) is 6.14. The van der Waals surface area contributed by atoms with Gasteiger partial charge in [-0.1, -0.05) is 40.9 Å². The summed E-state index contributed by atoms with van der Waals surface area (Å²) in [6.45, 7) is 1.64. The van der Waals surface area contributed by atoms with Crippen LogP contribution in [0.3, 0.4) is 0 Å². The number of nitrogens with one attached hydrogen (secondary N) is 1. The number of hydrogen-bond donors (Lipinski definition) is 1. The van der Waals surface area contributed by atoms with Crippen molar-refractivity contribution in [3.63, 3.8) is 0 Å². The first-order chi connectivity index (χ1) is 9.95. The lowest BCUT2D eigenvalue weighted by atomic mass is 10.3. The van der Waals surface area contributed by atoms with E-state index in [9.17, 15) is 4.79 Å². The van der Waals surface area contributed by atoms with Crippen LogP contribution in [0.15, 0.2) is 42.5 Å². The van der Waals surface area contributed by atoms with Gasteiger partial charge in [0.1, 0.15) is 5.75 Å². The number of ether oxygens (including phenoxy) is 1. The first-order valence-corrected chi connectivity index (χ1v) is 7.27. The number of benzene rings is 2. The maximum Gasteiger partial charge on any atom is 0.265 e. The minimum atomic E-state index is -0.699. The van der Waals surface area contributed by atoms with E-state index in [0.29, 0.717) is 26.5 Å². The van der Waals surface area contributed by atoms with Gasteiger partial charge in [0.15, 0.2) is 6.10 Å². The minimum Gasteiger partial charge on any atom is -0.481 e. The van der Waals surface area contributed by atoms with Gasteiger partial charge in [-0.2, -0.15) is 0 Å². The Morgan fingerprint density at radius 3 is 2.48 bits per heavy atom. The summed E-state index contributed by atoms with van der Waals surface area (Å²) in [5.74, 6) is 0.201. The fourth-order valence-electron chi connectivity index (χ4n) is 1.62.